The fourth-order valence-electron chi connectivity index (χ4n) is 2.11. The second kappa shape index (κ2) is 7.04. The van der Waals surface area contributed by atoms with E-state index in [2.05, 4.69) is 10.3 Å². The van der Waals surface area contributed by atoms with Gasteiger partial charge in [0.05, 0.1) is 28.7 Å². The summed E-state index contributed by atoms with van der Waals surface area (Å²) in [5, 5.41) is 3.07. The molecule has 7 heteroatoms. The molecule has 0 radical (unpaired) electrons. The third kappa shape index (κ3) is 3.39. The molecule has 0 fully saturated rings. The number of nitrogens with two attached hydrogens (primary N) is 1. The van der Waals surface area contributed by atoms with Gasteiger partial charge < -0.3 is 15.5 Å². The highest BCUT2D eigenvalue weighted by atomic mass is 35.5. The molecule has 0 bridgehead atoms. The van der Waals surface area contributed by atoms with Gasteiger partial charge >= 0.3 is 5.63 Å². The van der Waals surface area contributed by atoms with Crippen LogP contribution in [-0.4, -0.2) is 17.4 Å². The molecule has 118 valence electrons. The lowest BCUT2D eigenvalue weighted by molar-refractivity contribution is -0.114. The number of hydrogen-bond acceptors (Lipinski definition) is 5. The number of rotatable bonds is 3. The molecule has 3 N–H and O–H groups in total. The van der Waals surface area contributed by atoms with E-state index in [1.165, 1.54) is 0 Å². The summed E-state index contributed by atoms with van der Waals surface area (Å²) in [6, 6.07) is 13.9. The van der Waals surface area contributed by atoms with Crippen molar-refractivity contribution in [2.45, 2.75) is 0 Å². The third-order valence-electron chi connectivity index (χ3n) is 3.15. The molecule has 23 heavy (non-hydrogen) atoms. The topological polar surface area (TPSA) is 98.2 Å². The van der Waals surface area contributed by atoms with Crippen LogP contribution in [0.4, 0.5) is 5.69 Å². The minimum Gasteiger partial charge on any atom is -0.403 e. The first kappa shape index (κ1) is 16.7. The van der Waals surface area contributed by atoms with Crippen molar-refractivity contribution in [2.24, 2.45) is 5.73 Å². The highest BCUT2D eigenvalue weighted by Gasteiger charge is 2.13. The molecule has 3 rings (SSSR count). The second-order valence-electron chi connectivity index (χ2n) is 4.62. The van der Waals surface area contributed by atoms with Crippen molar-refractivity contribution >= 4 is 34.9 Å². The summed E-state index contributed by atoms with van der Waals surface area (Å²) in [4.78, 5) is 27.9. The molecule has 2 aromatic carbocycles. The molecule has 1 amide bonds. The van der Waals surface area contributed by atoms with E-state index in [0.717, 1.165) is 0 Å². The Hall–Kier alpha value is -2.70. The van der Waals surface area contributed by atoms with Gasteiger partial charge in [0.1, 0.15) is 0 Å². The fraction of sp³-hybridized carbons (Fsp3) is 0.0625. The summed E-state index contributed by atoms with van der Waals surface area (Å²) >= 11 is 0. The summed E-state index contributed by atoms with van der Waals surface area (Å²) in [6.45, 7) is -0.135. The Kier molecular flexibility index (Phi) is 5.10. The molecule has 0 aliphatic carbocycles. The highest BCUT2D eigenvalue weighted by Crippen LogP contribution is 2.26. The van der Waals surface area contributed by atoms with Crippen molar-refractivity contribution in [1.82, 2.24) is 4.98 Å². The lowest BCUT2D eigenvalue weighted by Crippen LogP contribution is -2.22. The Morgan fingerprint density at radius 3 is 2.61 bits per heavy atom. The molecule has 0 spiro atoms. The molecule has 0 aliphatic rings. The van der Waals surface area contributed by atoms with Crippen molar-refractivity contribution in [3.63, 3.8) is 0 Å². The van der Waals surface area contributed by atoms with E-state index in [1.54, 1.807) is 48.5 Å². The number of hydrogen-bond donors (Lipinski definition) is 2. The Bertz CT molecular complexity index is 908. The van der Waals surface area contributed by atoms with Gasteiger partial charge in [0.2, 0.25) is 11.8 Å². The van der Waals surface area contributed by atoms with Crippen LogP contribution in [-0.2, 0) is 4.79 Å². The quantitative estimate of drug-likeness (QED) is 0.766. The van der Waals surface area contributed by atoms with Gasteiger partial charge in [-0.05, 0) is 24.3 Å². The van der Waals surface area contributed by atoms with Gasteiger partial charge in [-0.25, -0.2) is 9.78 Å². The highest BCUT2D eigenvalue weighted by molar-refractivity contribution is 5.95. The molecule has 6 nitrogen and oxygen atoms in total. The van der Waals surface area contributed by atoms with Crippen LogP contribution >= 0.6 is 12.4 Å². The van der Waals surface area contributed by atoms with Crippen LogP contribution in [0.15, 0.2) is 57.7 Å². The number of halogens is 1. The van der Waals surface area contributed by atoms with Gasteiger partial charge in [-0.3, -0.25) is 4.79 Å². The standard InChI is InChI=1S/C16H13N3O3.ClH/c17-9-14(20)18-12-7-3-1-5-10(12)15-19-13-8-4-2-6-11(13)16(21)22-15;/h1-8H,9,17H2,(H,18,20);1H. The van der Waals surface area contributed by atoms with Gasteiger partial charge in [0, 0.05) is 0 Å². The Balaban J connectivity index is 0.00000192. The van der Waals surface area contributed by atoms with E-state index < -0.39 is 5.63 Å². The number of fused-ring (bicyclic) bond motifs is 1. The van der Waals surface area contributed by atoms with Crippen molar-refractivity contribution in [1.29, 1.82) is 0 Å². The molecule has 0 atom stereocenters. The summed E-state index contributed by atoms with van der Waals surface area (Å²) in [5.74, 6) is -0.188. The van der Waals surface area contributed by atoms with Crippen molar-refractivity contribution in [3.8, 4) is 11.5 Å². The Morgan fingerprint density at radius 2 is 1.83 bits per heavy atom. The zero-order chi connectivity index (χ0) is 15.5. The normalized spacial score (nSPS) is 10.1. The molecule has 1 aromatic heterocycles. The molecule has 0 unspecified atom stereocenters. The minimum atomic E-state index is -0.472. The predicted octanol–water partition coefficient (Wildman–Crippen LogP) is 2.17. The first-order valence-corrected chi connectivity index (χ1v) is 6.68. The molecular formula is C16H14ClN3O3. The minimum absolute atomic E-state index is 0. The Labute approximate surface area is 137 Å². The lowest BCUT2D eigenvalue weighted by atomic mass is 10.1. The van der Waals surface area contributed by atoms with Gasteiger partial charge in [0.15, 0.2) is 0 Å². The molecular weight excluding hydrogens is 318 g/mol. The smallest absolute Gasteiger partial charge is 0.347 e. The number of nitrogens with zero attached hydrogens (tertiary/aromatic N) is 1. The predicted molar refractivity (Wildman–Crippen MR) is 90.6 cm³/mol. The lowest BCUT2D eigenvalue weighted by Gasteiger charge is -2.09. The maximum atomic E-state index is 12.0. The van der Waals surface area contributed by atoms with Crippen LogP contribution in [0.2, 0.25) is 0 Å². The number of carbonyl (C=O) groups excluding carboxylic acids is 1. The SMILES string of the molecule is Cl.NCC(=O)Nc1ccccc1-c1nc2ccccc2c(=O)o1. The average molecular weight is 332 g/mol. The van der Waals surface area contributed by atoms with Crippen LogP contribution < -0.4 is 16.7 Å². The third-order valence-corrected chi connectivity index (χ3v) is 3.15. The summed E-state index contributed by atoms with van der Waals surface area (Å²) in [6.07, 6.45) is 0. The number of nitrogens with one attached hydrogen (secondary N) is 1. The maximum absolute atomic E-state index is 12.0. The number of carbonyl (C=O) groups is 1. The van der Waals surface area contributed by atoms with Gasteiger partial charge in [-0.1, -0.05) is 24.3 Å². The summed E-state index contributed by atoms with van der Waals surface area (Å²) in [5.41, 5.74) is 6.38. The van der Waals surface area contributed by atoms with Gasteiger partial charge in [-0.2, -0.15) is 0 Å². The number of aromatic nitrogens is 1. The number of benzene rings is 2. The van der Waals surface area contributed by atoms with E-state index in [1.807, 2.05) is 0 Å². The zero-order valence-electron chi connectivity index (χ0n) is 12.0. The van der Waals surface area contributed by atoms with Crippen molar-refractivity contribution in [3.05, 3.63) is 59.0 Å². The first-order chi connectivity index (χ1) is 10.7. The largest absolute Gasteiger partial charge is 0.403 e. The van der Waals surface area contributed by atoms with Crippen molar-refractivity contribution < 1.29 is 9.21 Å². The van der Waals surface area contributed by atoms with Crippen LogP contribution in [0.5, 0.6) is 0 Å². The molecule has 1 heterocycles. The van der Waals surface area contributed by atoms with E-state index >= 15 is 0 Å². The molecule has 0 saturated heterocycles. The number of anilines is 1. The van der Waals surface area contributed by atoms with E-state index in [0.29, 0.717) is 22.2 Å². The number of amides is 1. The fourth-order valence-corrected chi connectivity index (χ4v) is 2.11. The van der Waals surface area contributed by atoms with Crippen LogP contribution in [0, 0.1) is 0 Å². The van der Waals surface area contributed by atoms with Crippen molar-refractivity contribution in [2.75, 3.05) is 11.9 Å². The van der Waals surface area contributed by atoms with Crippen LogP contribution in [0.3, 0.4) is 0 Å². The molecule has 3 aromatic rings. The van der Waals surface area contributed by atoms with E-state index in [-0.39, 0.29) is 30.7 Å². The Morgan fingerprint density at radius 1 is 1.13 bits per heavy atom. The van der Waals surface area contributed by atoms with E-state index in [4.69, 9.17) is 10.2 Å². The number of para-hydroxylation sites is 2. The van der Waals surface area contributed by atoms with E-state index in [9.17, 15) is 9.59 Å². The zero-order valence-corrected chi connectivity index (χ0v) is 12.8. The summed E-state index contributed by atoms with van der Waals surface area (Å²) < 4.78 is 5.28. The monoisotopic (exact) mass is 331 g/mol. The average Bonchev–Trinajstić information content (AvgIpc) is 2.55. The van der Waals surface area contributed by atoms with Gasteiger partial charge in [0.25, 0.3) is 0 Å². The molecule has 0 aliphatic heterocycles. The van der Waals surface area contributed by atoms with Crippen LogP contribution in [0.1, 0.15) is 0 Å². The maximum Gasteiger partial charge on any atom is 0.347 e. The second-order valence-corrected chi connectivity index (χ2v) is 4.62. The molecule has 0 saturated carbocycles. The first-order valence-electron chi connectivity index (χ1n) is 6.68. The van der Waals surface area contributed by atoms with Gasteiger partial charge in [-0.15, -0.1) is 12.4 Å². The van der Waals surface area contributed by atoms with Crippen LogP contribution in [0.25, 0.3) is 22.4 Å². The summed E-state index contributed by atoms with van der Waals surface area (Å²) in [7, 11) is 0.